The summed E-state index contributed by atoms with van der Waals surface area (Å²) in [5.74, 6) is 0.873. The standard InChI is InChI=1S/C37H32Br2N4O3/c1-25(42-21-33(29-13-17-31(38)18-14-29)36(40-42)45-23-27-9-5-3-6-10-27)35(44)26(2)43-22-34(30-15-19-32(39)20-16-30)37(41-43)46-24-28-11-7-4-8-12-28/h3-22,25-26H,23-24H2,1-2H3. The summed E-state index contributed by atoms with van der Waals surface area (Å²) in [5.41, 5.74) is 5.56. The van der Waals surface area contributed by atoms with E-state index in [1.807, 2.05) is 135 Å². The van der Waals surface area contributed by atoms with Crippen LogP contribution in [0.2, 0.25) is 0 Å². The summed E-state index contributed by atoms with van der Waals surface area (Å²) >= 11 is 7.03. The first-order chi connectivity index (χ1) is 22.4. The minimum Gasteiger partial charge on any atom is -0.471 e. The summed E-state index contributed by atoms with van der Waals surface area (Å²) in [4.78, 5) is 14.0. The second kappa shape index (κ2) is 14.3. The number of ketones is 1. The highest BCUT2D eigenvalue weighted by Gasteiger charge is 2.27. The topological polar surface area (TPSA) is 71.2 Å². The van der Waals surface area contributed by atoms with Crippen molar-refractivity contribution in [2.75, 3.05) is 0 Å². The predicted octanol–water partition coefficient (Wildman–Crippen LogP) is 9.49. The first kappa shape index (κ1) is 31.5. The summed E-state index contributed by atoms with van der Waals surface area (Å²) < 4.78 is 17.7. The molecule has 0 fully saturated rings. The minimum atomic E-state index is -0.590. The molecule has 0 amide bonds. The first-order valence-corrected chi connectivity index (χ1v) is 16.5. The molecule has 0 spiro atoms. The Hall–Kier alpha value is -4.47. The lowest BCUT2D eigenvalue weighted by molar-refractivity contribution is -0.125. The maximum atomic E-state index is 14.0. The van der Waals surface area contributed by atoms with E-state index in [4.69, 9.17) is 19.7 Å². The Balaban J connectivity index is 1.27. The van der Waals surface area contributed by atoms with Gasteiger partial charge in [-0.15, -0.1) is 10.2 Å². The number of hydrogen-bond acceptors (Lipinski definition) is 5. The number of hydrogen-bond donors (Lipinski definition) is 0. The van der Waals surface area contributed by atoms with Gasteiger partial charge in [0.15, 0.2) is 5.78 Å². The number of Topliss-reactive ketones (excluding diaryl/α,β-unsaturated/α-hetero) is 1. The van der Waals surface area contributed by atoms with Crippen molar-refractivity contribution in [1.29, 1.82) is 0 Å². The molecular formula is C37H32Br2N4O3. The Morgan fingerprint density at radius 1 is 0.609 bits per heavy atom. The van der Waals surface area contributed by atoms with Crippen molar-refractivity contribution in [3.05, 3.63) is 142 Å². The van der Waals surface area contributed by atoms with Crippen molar-refractivity contribution in [3.63, 3.8) is 0 Å². The molecule has 0 aliphatic rings. The van der Waals surface area contributed by atoms with Crippen molar-refractivity contribution >= 4 is 37.6 Å². The van der Waals surface area contributed by atoms with Gasteiger partial charge in [-0.25, -0.2) is 0 Å². The van der Waals surface area contributed by atoms with Crippen molar-refractivity contribution in [3.8, 4) is 34.0 Å². The summed E-state index contributed by atoms with van der Waals surface area (Å²) in [7, 11) is 0. The summed E-state index contributed by atoms with van der Waals surface area (Å²) in [6.45, 7) is 4.42. The van der Waals surface area contributed by atoms with Crippen LogP contribution in [0.25, 0.3) is 22.3 Å². The second-order valence-corrected chi connectivity index (χ2v) is 12.8. The molecule has 6 rings (SSSR count). The number of aromatic nitrogens is 4. The van der Waals surface area contributed by atoms with E-state index in [2.05, 4.69) is 31.9 Å². The van der Waals surface area contributed by atoms with Crippen molar-refractivity contribution in [2.24, 2.45) is 0 Å². The fraction of sp³-hybridized carbons (Fsp3) is 0.162. The van der Waals surface area contributed by atoms with Crippen LogP contribution < -0.4 is 9.47 Å². The molecule has 0 bridgehead atoms. The number of ether oxygens (including phenoxy) is 2. The lowest BCUT2D eigenvalue weighted by Crippen LogP contribution is -2.26. The molecule has 9 heteroatoms. The third-order valence-corrected chi connectivity index (χ3v) is 8.82. The van der Waals surface area contributed by atoms with E-state index in [1.54, 1.807) is 9.36 Å². The van der Waals surface area contributed by atoms with Crippen molar-refractivity contribution in [2.45, 2.75) is 39.1 Å². The molecule has 0 radical (unpaired) electrons. The first-order valence-electron chi connectivity index (χ1n) is 14.9. The van der Waals surface area contributed by atoms with E-state index in [0.29, 0.717) is 25.0 Å². The fourth-order valence-corrected chi connectivity index (χ4v) is 5.61. The summed E-state index contributed by atoms with van der Waals surface area (Å²) in [5, 5.41) is 9.53. The molecule has 0 saturated heterocycles. The van der Waals surface area contributed by atoms with Gasteiger partial charge in [0.25, 0.3) is 0 Å². The van der Waals surface area contributed by atoms with E-state index in [1.165, 1.54) is 0 Å². The van der Waals surface area contributed by atoms with Crippen LogP contribution in [0, 0.1) is 0 Å². The zero-order valence-corrected chi connectivity index (χ0v) is 28.6. The molecule has 2 aromatic heterocycles. The number of rotatable bonds is 12. The van der Waals surface area contributed by atoms with E-state index in [9.17, 15) is 4.79 Å². The van der Waals surface area contributed by atoms with Crippen LogP contribution in [-0.4, -0.2) is 25.3 Å². The van der Waals surface area contributed by atoms with E-state index in [-0.39, 0.29) is 5.78 Å². The zero-order valence-electron chi connectivity index (χ0n) is 25.4. The molecule has 6 aromatic rings. The van der Waals surface area contributed by atoms with Crippen LogP contribution in [-0.2, 0) is 18.0 Å². The molecule has 46 heavy (non-hydrogen) atoms. The highest BCUT2D eigenvalue weighted by Crippen LogP contribution is 2.34. The Morgan fingerprint density at radius 2 is 0.978 bits per heavy atom. The van der Waals surface area contributed by atoms with Gasteiger partial charge >= 0.3 is 0 Å². The molecule has 2 atom stereocenters. The third-order valence-electron chi connectivity index (χ3n) is 7.76. The molecule has 0 saturated carbocycles. The zero-order chi connectivity index (χ0) is 32.0. The SMILES string of the molecule is CC(C(=O)C(C)n1cc(-c2ccc(Br)cc2)c(OCc2ccccc2)n1)n1cc(-c2ccc(Br)cc2)c(OCc2ccccc2)n1. The van der Waals surface area contributed by atoms with Gasteiger partial charge in [0.2, 0.25) is 11.8 Å². The minimum absolute atomic E-state index is 0.0565. The quantitative estimate of drug-likeness (QED) is 0.125. The van der Waals surface area contributed by atoms with Crippen LogP contribution in [0.3, 0.4) is 0 Å². The molecule has 4 aromatic carbocycles. The lowest BCUT2D eigenvalue weighted by Gasteiger charge is -2.17. The third kappa shape index (κ3) is 7.32. The molecule has 0 N–H and O–H groups in total. The average molecular weight is 740 g/mol. The van der Waals surface area contributed by atoms with Crippen LogP contribution in [0.15, 0.2) is 131 Å². The highest BCUT2D eigenvalue weighted by molar-refractivity contribution is 9.10. The number of carbonyl (C=O) groups is 1. The maximum Gasteiger partial charge on any atom is 0.241 e. The maximum absolute atomic E-state index is 14.0. The normalized spacial score (nSPS) is 12.4. The van der Waals surface area contributed by atoms with E-state index < -0.39 is 12.1 Å². The van der Waals surface area contributed by atoms with Gasteiger partial charge < -0.3 is 9.47 Å². The Labute approximate surface area is 285 Å². The van der Waals surface area contributed by atoms with Gasteiger partial charge in [-0.3, -0.25) is 14.2 Å². The second-order valence-electron chi connectivity index (χ2n) is 11.0. The monoisotopic (exact) mass is 738 g/mol. The van der Waals surface area contributed by atoms with Crippen LogP contribution >= 0.6 is 31.9 Å². The van der Waals surface area contributed by atoms with Crippen LogP contribution in [0.4, 0.5) is 0 Å². The van der Waals surface area contributed by atoms with E-state index in [0.717, 1.165) is 42.3 Å². The van der Waals surface area contributed by atoms with Gasteiger partial charge in [0.1, 0.15) is 25.3 Å². The van der Waals surface area contributed by atoms with Crippen LogP contribution in [0.1, 0.15) is 37.1 Å². The summed E-state index contributed by atoms with van der Waals surface area (Å²) in [6, 6.07) is 34.6. The smallest absolute Gasteiger partial charge is 0.241 e. The van der Waals surface area contributed by atoms with Crippen molar-refractivity contribution < 1.29 is 14.3 Å². The van der Waals surface area contributed by atoms with Gasteiger partial charge in [0.05, 0.1) is 11.1 Å². The van der Waals surface area contributed by atoms with Crippen LogP contribution in [0.5, 0.6) is 11.8 Å². The van der Waals surface area contributed by atoms with Gasteiger partial charge in [0, 0.05) is 21.3 Å². The number of halogens is 2. The van der Waals surface area contributed by atoms with Gasteiger partial charge in [-0.1, -0.05) is 117 Å². The molecule has 0 aliphatic carbocycles. The summed E-state index contributed by atoms with van der Waals surface area (Å²) in [6.07, 6.45) is 3.76. The number of benzene rings is 4. The fourth-order valence-electron chi connectivity index (χ4n) is 5.08. The average Bonchev–Trinajstić information content (AvgIpc) is 3.72. The molecule has 0 aliphatic heterocycles. The largest absolute Gasteiger partial charge is 0.471 e. The lowest BCUT2D eigenvalue weighted by atomic mass is 10.1. The number of carbonyl (C=O) groups excluding carboxylic acids is 1. The Bertz CT molecular complexity index is 1770. The van der Waals surface area contributed by atoms with Crippen molar-refractivity contribution in [1.82, 2.24) is 19.6 Å². The number of nitrogens with zero attached hydrogens (tertiary/aromatic N) is 4. The molecule has 2 unspecified atom stereocenters. The van der Waals surface area contributed by atoms with Gasteiger partial charge in [-0.2, -0.15) is 0 Å². The Kier molecular flexibility index (Phi) is 9.80. The molecule has 7 nitrogen and oxygen atoms in total. The highest BCUT2D eigenvalue weighted by atomic mass is 79.9. The van der Waals surface area contributed by atoms with E-state index >= 15 is 0 Å². The predicted molar refractivity (Wildman–Crippen MR) is 187 cm³/mol. The molecule has 232 valence electrons. The Morgan fingerprint density at radius 3 is 1.35 bits per heavy atom. The molecular weight excluding hydrogens is 708 g/mol. The molecule has 2 heterocycles. The van der Waals surface area contributed by atoms with Gasteiger partial charge in [-0.05, 0) is 60.4 Å².